The highest BCUT2D eigenvalue weighted by Gasteiger charge is 2.26. The van der Waals surface area contributed by atoms with Gasteiger partial charge in [-0.25, -0.2) is 9.97 Å². The Balaban J connectivity index is 1.50. The van der Waals surface area contributed by atoms with E-state index in [1.54, 1.807) is 11.3 Å². The number of carbonyl (C=O) groups is 1. The van der Waals surface area contributed by atoms with Gasteiger partial charge in [0.15, 0.2) is 5.13 Å². The summed E-state index contributed by atoms with van der Waals surface area (Å²) in [4.78, 5) is 25.9. The molecule has 1 saturated heterocycles. The molecular weight excluding hydrogens is 348 g/mol. The Hall–Kier alpha value is -2.67. The van der Waals surface area contributed by atoms with Gasteiger partial charge < -0.3 is 14.2 Å². The van der Waals surface area contributed by atoms with Gasteiger partial charge in [0.05, 0.1) is 5.69 Å². The maximum atomic E-state index is 13.0. The minimum Gasteiger partial charge on any atom is -0.431 e. The van der Waals surface area contributed by atoms with Crippen molar-refractivity contribution in [3.05, 3.63) is 53.4 Å². The number of anilines is 1. The first-order chi connectivity index (χ1) is 12.7. The fraction of sp³-hybridized carbons (Fsp3) is 0.316. The van der Waals surface area contributed by atoms with Gasteiger partial charge in [0.2, 0.25) is 11.7 Å². The van der Waals surface area contributed by atoms with E-state index in [2.05, 4.69) is 14.9 Å². The highest BCUT2D eigenvalue weighted by atomic mass is 32.1. The Bertz CT molecular complexity index is 876. The number of amides is 1. The van der Waals surface area contributed by atoms with Gasteiger partial charge in [0.1, 0.15) is 0 Å². The third-order valence-electron chi connectivity index (χ3n) is 4.48. The molecule has 0 unspecified atom stereocenters. The predicted octanol–water partition coefficient (Wildman–Crippen LogP) is 3.46. The molecule has 6 nitrogen and oxygen atoms in total. The Morgan fingerprint density at radius 1 is 1.15 bits per heavy atom. The first-order valence-corrected chi connectivity index (χ1v) is 9.57. The van der Waals surface area contributed by atoms with Gasteiger partial charge in [-0.1, -0.05) is 18.2 Å². The zero-order chi connectivity index (χ0) is 17.9. The molecule has 0 spiro atoms. The van der Waals surface area contributed by atoms with E-state index in [1.165, 1.54) is 0 Å². The van der Waals surface area contributed by atoms with Crippen LogP contribution >= 0.6 is 11.3 Å². The number of aromatic nitrogens is 2. The number of carbonyl (C=O) groups excluding carboxylic acids is 1. The molecule has 1 amide bonds. The highest BCUT2D eigenvalue weighted by Crippen LogP contribution is 2.24. The Labute approximate surface area is 156 Å². The van der Waals surface area contributed by atoms with E-state index in [0.29, 0.717) is 30.4 Å². The van der Waals surface area contributed by atoms with Crippen molar-refractivity contribution in [1.82, 2.24) is 14.9 Å². The van der Waals surface area contributed by atoms with Crippen molar-refractivity contribution in [2.24, 2.45) is 0 Å². The SMILES string of the molecule is Cc1nc(-c2ccccc2)oc1C(=O)N1CCCN(c2nccs2)CC1. The number of nitrogens with zero attached hydrogens (tertiary/aromatic N) is 4. The van der Waals surface area contributed by atoms with Gasteiger partial charge in [-0.05, 0) is 25.5 Å². The molecule has 134 valence electrons. The Kier molecular flexibility index (Phi) is 4.71. The summed E-state index contributed by atoms with van der Waals surface area (Å²) in [5, 5.41) is 2.99. The van der Waals surface area contributed by atoms with Gasteiger partial charge in [-0.2, -0.15) is 0 Å². The monoisotopic (exact) mass is 368 g/mol. The van der Waals surface area contributed by atoms with Crippen molar-refractivity contribution in [3.63, 3.8) is 0 Å². The summed E-state index contributed by atoms with van der Waals surface area (Å²) in [7, 11) is 0. The smallest absolute Gasteiger partial charge is 0.291 e. The summed E-state index contributed by atoms with van der Waals surface area (Å²) in [5.74, 6) is 0.746. The third-order valence-corrected chi connectivity index (χ3v) is 5.32. The molecule has 3 heterocycles. The largest absolute Gasteiger partial charge is 0.431 e. The molecule has 2 aromatic heterocycles. The van der Waals surface area contributed by atoms with Crippen LogP contribution in [0.3, 0.4) is 0 Å². The maximum absolute atomic E-state index is 13.0. The lowest BCUT2D eigenvalue weighted by Gasteiger charge is -2.21. The summed E-state index contributed by atoms with van der Waals surface area (Å²) in [6.45, 7) is 4.86. The molecule has 1 fully saturated rings. The fourth-order valence-corrected chi connectivity index (χ4v) is 3.82. The van der Waals surface area contributed by atoms with Gasteiger partial charge in [-0.15, -0.1) is 11.3 Å². The van der Waals surface area contributed by atoms with Crippen LogP contribution in [-0.2, 0) is 0 Å². The van der Waals surface area contributed by atoms with Crippen LogP contribution in [0.5, 0.6) is 0 Å². The third kappa shape index (κ3) is 3.35. The standard InChI is InChI=1S/C19H20N4O2S/c1-14-16(25-17(21-14)15-6-3-2-4-7-15)18(24)22-9-5-10-23(12-11-22)19-20-8-13-26-19/h2-4,6-8,13H,5,9-12H2,1H3. The molecule has 0 bridgehead atoms. The molecule has 0 atom stereocenters. The van der Waals surface area contributed by atoms with Crippen LogP contribution in [-0.4, -0.2) is 47.0 Å². The van der Waals surface area contributed by atoms with Gasteiger partial charge in [0, 0.05) is 43.3 Å². The van der Waals surface area contributed by atoms with E-state index < -0.39 is 0 Å². The Morgan fingerprint density at radius 2 is 2.00 bits per heavy atom. The van der Waals surface area contributed by atoms with Crippen LogP contribution in [0.2, 0.25) is 0 Å². The van der Waals surface area contributed by atoms with Crippen molar-refractivity contribution in [2.75, 3.05) is 31.1 Å². The molecule has 0 radical (unpaired) electrons. The number of aryl methyl sites for hydroxylation is 1. The van der Waals surface area contributed by atoms with E-state index >= 15 is 0 Å². The van der Waals surface area contributed by atoms with E-state index in [4.69, 9.17) is 4.42 Å². The van der Waals surface area contributed by atoms with Gasteiger partial charge in [-0.3, -0.25) is 4.79 Å². The van der Waals surface area contributed by atoms with Crippen molar-refractivity contribution < 1.29 is 9.21 Å². The zero-order valence-electron chi connectivity index (χ0n) is 14.6. The van der Waals surface area contributed by atoms with Crippen molar-refractivity contribution in [3.8, 4) is 11.5 Å². The number of hydrogen-bond donors (Lipinski definition) is 0. The van der Waals surface area contributed by atoms with E-state index in [1.807, 2.05) is 53.7 Å². The number of thiazole rings is 1. The van der Waals surface area contributed by atoms with Crippen LogP contribution in [0.15, 0.2) is 46.3 Å². The zero-order valence-corrected chi connectivity index (χ0v) is 15.4. The lowest BCUT2D eigenvalue weighted by molar-refractivity contribution is 0.0735. The lowest BCUT2D eigenvalue weighted by Crippen LogP contribution is -2.35. The number of hydrogen-bond acceptors (Lipinski definition) is 6. The van der Waals surface area contributed by atoms with Crippen molar-refractivity contribution >= 4 is 22.4 Å². The normalized spacial score (nSPS) is 15.1. The second-order valence-electron chi connectivity index (χ2n) is 6.25. The molecule has 1 aliphatic rings. The minimum absolute atomic E-state index is 0.0850. The molecule has 1 aromatic carbocycles. The summed E-state index contributed by atoms with van der Waals surface area (Å²) in [6, 6.07) is 9.66. The summed E-state index contributed by atoms with van der Waals surface area (Å²) >= 11 is 1.63. The van der Waals surface area contributed by atoms with E-state index in [9.17, 15) is 4.79 Å². The van der Waals surface area contributed by atoms with Gasteiger partial charge in [0.25, 0.3) is 5.91 Å². The molecule has 1 aliphatic heterocycles. The van der Waals surface area contributed by atoms with Crippen LogP contribution in [0.4, 0.5) is 5.13 Å². The molecule has 0 N–H and O–H groups in total. The quantitative estimate of drug-likeness (QED) is 0.708. The first-order valence-electron chi connectivity index (χ1n) is 8.69. The fourth-order valence-electron chi connectivity index (χ4n) is 3.13. The number of benzene rings is 1. The average Bonchev–Trinajstić information content (AvgIpc) is 3.26. The van der Waals surface area contributed by atoms with Gasteiger partial charge >= 0.3 is 0 Å². The number of rotatable bonds is 3. The summed E-state index contributed by atoms with van der Waals surface area (Å²) in [6.07, 6.45) is 2.72. The summed E-state index contributed by atoms with van der Waals surface area (Å²) in [5.41, 5.74) is 1.51. The lowest BCUT2D eigenvalue weighted by atomic mass is 10.2. The molecule has 0 saturated carbocycles. The molecule has 3 aromatic rings. The molecular formula is C19H20N4O2S. The van der Waals surface area contributed by atoms with Crippen LogP contribution in [0.1, 0.15) is 22.7 Å². The second kappa shape index (κ2) is 7.29. The van der Waals surface area contributed by atoms with E-state index in [-0.39, 0.29) is 5.91 Å². The van der Waals surface area contributed by atoms with Crippen LogP contribution in [0, 0.1) is 6.92 Å². The highest BCUT2D eigenvalue weighted by molar-refractivity contribution is 7.13. The maximum Gasteiger partial charge on any atom is 0.291 e. The molecule has 0 aliphatic carbocycles. The van der Waals surface area contributed by atoms with E-state index in [0.717, 1.165) is 30.2 Å². The summed E-state index contributed by atoms with van der Waals surface area (Å²) < 4.78 is 5.83. The first kappa shape index (κ1) is 16.8. The Morgan fingerprint density at radius 3 is 2.77 bits per heavy atom. The number of oxazole rings is 1. The molecule has 26 heavy (non-hydrogen) atoms. The molecule has 4 rings (SSSR count). The van der Waals surface area contributed by atoms with Crippen molar-refractivity contribution in [1.29, 1.82) is 0 Å². The van der Waals surface area contributed by atoms with Crippen LogP contribution in [0.25, 0.3) is 11.5 Å². The van der Waals surface area contributed by atoms with Crippen molar-refractivity contribution in [2.45, 2.75) is 13.3 Å². The molecule has 7 heteroatoms. The minimum atomic E-state index is -0.0850. The average molecular weight is 368 g/mol. The second-order valence-corrected chi connectivity index (χ2v) is 7.12. The predicted molar refractivity (Wildman–Crippen MR) is 102 cm³/mol. The van der Waals surface area contributed by atoms with Crippen LogP contribution < -0.4 is 4.90 Å². The topological polar surface area (TPSA) is 62.5 Å².